The van der Waals surface area contributed by atoms with Crippen molar-refractivity contribution in [2.24, 2.45) is 0 Å². The molecular weight excluding hydrogens is 607 g/mol. The lowest BCUT2D eigenvalue weighted by molar-refractivity contribution is 0.794. The topological polar surface area (TPSA) is 30.7 Å². The maximum Gasteiger partial charge on any atom is 0.147 e. The summed E-state index contributed by atoms with van der Waals surface area (Å²) in [4.78, 5) is 9.95. The zero-order valence-electron chi connectivity index (χ0n) is 26.9. The van der Waals surface area contributed by atoms with Crippen LogP contribution >= 0.6 is 0 Å². The van der Waals surface area contributed by atoms with Crippen LogP contribution in [0.4, 0.5) is 0 Å². The minimum atomic E-state index is -0.473. The Morgan fingerprint density at radius 2 is 1.04 bits per heavy atom. The molecule has 12 rings (SSSR count). The van der Waals surface area contributed by atoms with E-state index in [1.165, 1.54) is 83.1 Å². The lowest BCUT2D eigenvalue weighted by atomic mass is 9.70. The normalized spacial score (nSPS) is 13.8. The SMILES string of the molecule is c1ccc2c(c1)-c1ccccc1C21c2ccccc2-c2c1cc1c(c2-c2nc3ccccc3n2-c2ccncc2)-c2cccc3cccc-1c23. The Labute approximate surface area is 288 Å². The highest BCUT2D eigenvalue weighted by Gasteiger charge is 2.53. The number of pyridine rings is 1. The first-order valence-electron chi connectivity index (χ1n) is 17.3. The summed E-state index contributed by atoms with van der Waals surface area (Å²) in [6.45, 7) is 0. The van der Waals surface area contributed by atoms with Gasteiger partial charge in [-0.25, -0.2) is 4.98 Å². The number of nitrogens with zero attached hydrogens (tertiary/aromatic N) is 3. The molecule has 0 atom stereocenters. The molecule has 0 amide bonds. The van der Waals surface area contributed by atoms with E-state index in [4.69, 9.17) is 4.98 Å². The number of aromatic nitrogens is 3. The van der Waals surface area contributed by atoms with Crippen LogP contribution in [0.1, 0.15) is 22.3 Å². The van der Waals surface area contributed by atoms with Gasteiger partial charge in [0.2, 0.25) is 0 Å². The van der Waals surface area contributed by atoms with E-state index in [0.717, 1.165) is 22.5 Å². The number of hydrogen-bond donors (Lipinski definition) is 0. The molecule has 50 heavy (non-hydrogen) atoms. The van der Waals surface area contributed by atoms with E-state index in [9.17, 15) is 0 Å². The van der Waals surface area contributed by atoms with E-state index in [0.29, 0.717) is 0 Å². The predicted molar refractivity (Wildman–Crippen MR) is 203 cm³/mol. The van der Waals surface area contributed by atoms with E-state index in [2.05, 4.69) is 161 Å². The molecule has 0 saturated heterocycles. The van der Waals surface area contributed by atoms with Crippen LogP contribution in [-0.4, -0.2) is 14.5 Å². The molecule has 1 spiro atoms. The Morgan fingerprint density at radius 1 is 0.440 bits per heavy atom. The van der Waals surface area contributed by atoms with Gasteiger partial charge in [-0.15, -0.1) is 0 Å². The van der Waals surface area contributed by atoms with Crippen LogP contribution < -0.4 is 0 Å². The van der Waals surface area contributed by atoms with Crippen molar-refractivity contribution in [3.05, 3.63) is 186 Å². The fraction of sp³-hybridized carbons (Fsp3) is 0.0213. The van der Waals surface area contributed by atoms with Crippen molar-refractivity contribution < 1.29 is 0 Å². The Hall–Kier alpha value is -6.58. The van der Waals surface area contributed by atoms with Gasteiger partial charge in [-0.1, -0.05) is 121 Å². The van der Waals surface area contributed by atoms with Crippen LogP contribution in [0.15, 0.2) is 164 Å². The van der Waals surface area contributed by atoms with Crippen molar-refractivity contribution in [1.82, 2.24) is 14.5 Å². The van der Waals surface area contributed by atoms with Crippen molar-refractivity contribution in [3.63, 3.8) is 0 Å². The first-order valence-corrected chi connectivity index (χ1v) is 17.3. The average Bonchev–Trinajstić information content (AvgIpc) is 3.90. The lowest BCUT2D eigenvalue weighted by Crippen LogP contribution is -2.26. The largest absolute Gasteiger partial charge is 0.292 e. The number of rotatable bonds is 2. The van der Waals surface area contributed by atoms with Crippen LogP contribution in [0, 0.1) is 0 Å². The minimum absolute atomic E-state index is 0.473. The summed E-state index contributed by atoms with van der Waals surface area (Å²) in [5.41, 5.74) is 19.4. The van der Waals surface area contributed by atoms with Gasteiger partial charge in [-0.2, -0.15) is 0 Å². The fourth-order valence-corrected chi connectivity index (χ4v) is 9.68. The smallest absolute Gasteiger partial charge is 0.147 e. The molecule has 7 aromatic carbocycles. The maximum atomic E-state index is 5.56. The van der Waals surface area contributed by atoms with Crippen LogP contribution in [0.3, 0.4) is 0 Å². The number of para-hydroxylation sites is 2. The minimum Gasteiger partial charge on any atom is -0.292 e. The first kappa shape index (κ1) is 26.4. The van der Waals surface area contributed by atoms with Gasteiger partial charge in [0.1, 0.15) is 5.82 Å². The lowest BCUT2D eigenvalue weighted by Gasteiger charge is -2.31. The Kier molecular flexibility index (Phi) is 4.91. The van der Waals surface area contributed by atoms with Gasteiger partial charge in [-0.05, 0) is 102 Å². The summed E-state index contributed by atoms with van der Waals surface area (Å²) in [5.74, 6) is 0.946. The molecule has 0 saturated carbocycles. The third kappa shape index (κ3) is 3.03. The van der Waals surface area contributed by atoms with Gasteiger partial charge in [0.25, 0.3) is 0 Å². The van der Waals surface area contributed by atoms with E-state index >= 15 is 0 Å². The molecule has 0 radical (unpaired) electrons. The second kappa shape index (κ2) is 9.31. The molecule has 0 N–H and O–H groups in total. The van der Waals surface area contributed by atoms with Crippen LogP contribution in [0.5, 0.6) is 0 Å². The van der Waals surface area contributed by atoms with Gasteiger partial charge >= 0.3 is 0 Å². The summed E-state index contributed by atoms with van der Waals surface area (Å²) in [6, 6.07) is 56.0. The molecule has 3 aliphatic carbocycles. The molecule has 2 heterocycles. The average molecular weight is 634 g/mol. The van der Waals surface area contributed by atoms with Crippen LogP contribution in [0.25, 0.3) is 83.4 Å². The summed E-state index contributed by atoms with van der Waals surface area (Å²) in [5, 5.41) is 2.58. The highest BCUT2D eigenvalue weighted by molar-refractivity contribution is 6.21. The Bertz CT molecular complexity index is 2880. The quantitative estimate of drug-likeness (QED) is 0.190. The van der Waals surface area contributed by atoms with Crippen molar-refractivity contribution >= 4 is 21.8 Å². The molecule has 3 heteroatoms. The third-order valence-corrected chi connectivity index (χ3v) is 11.5. The summed E-state index contributed by atoms with van der Waals surface area (Å²) < 4.78 is 2.35. The van der Waals surface area contributed by atoms with Crippen molar-refractivity contribution in [2.45, 2.75) is 5.41 Å². The molecule has 0 bridgehead atoms. The fourth-order valence-electron chi connectivity index (χ4n) is 9.68. The molecule has 0 unspecified atom stereocenters. The van der Waals surface area contributed by atoms with E-state index < -0.39 is 5.41 Å². The van der Waals surface area contributed by atoms with Gasteiger partial charge in [0, 0.05) is 23.5 Å². The molecule has 9 aromatic rings. The first-order chi connectivity index (χ1) is 24.8. The third-order valence-electron chi connectivity index (χ3n) is 11.5. The molecule has 230 valence electrons. The Balaban J connectivity index is 1.34. The molecule has 3 nitrogen and oxygen atoms in total. The second-order valence-corrected chi connectivity index (χ2v) is 13.7. The maximum absolute atomic E-state index is 5.56. The number of benzene rings is 7. The van der Waals surface area contributed by atoms with Crippen molar-refractivity contribution in [2.75, 3.05) is 0 Å². The van der Waals surface area contributed by atoms with Crippen molar-refractivity contribution in [1.29, 1.82) is 0 Å². The zero-order chi connectivity index (χ0) is 32.6. The van der Waals surface area contributed by atoms with Crippen LogP contribution in [-0.2, 0) is 5.41 Å². The van der Waals surface area contributed by atoms with Crippen molar-refractivity contribution in [3.8, 4) is 61.6 Å². The molecule has 0 aliphatic heterocycles. The van der Waals surface area contributed by atoms with E-state index in [-0.39, 0.29) is 0 Å². The second-order valence-electron chi connectivity index (χ2n) is 13.7. The van der Waals surface area contributed by atoms with Crippen LogP contribution in [0.2, 0.25) is 0 Å². The Morgan fingerprint density at radius 3 is 1.78 bits per heavy atom. The highest BCUT2D eigenvalue weighted by Crippen LogP contribution is 2.67. The standard InChI is InChI=1S/C47H27N3/c1-4-18-36-30(13-1)31-14-2-5-19-37(31)47(36)38-20-6-3-15-33(38)44-39(47)27-35-32-16-9-11-28-12-10-17-34(42(28)32)43(35)45(44)46-49-40-21-7-8-22-41(40)50(46)29-23-25-48-26-24-29/h1-27H. The van der Waals surface area contributed by atoms with Gasteiger partial charge in [0.15, 0.2) is 0 Å². The van der Waals surface area contributed by atoms with Gasteiger partial charge in [-0.3, -0.25) is 9.55 Å². The van der Waals surface area contributed by atoms with E-state index in [1.807, 2.05) is 12.4 Å². The molecule has 2 aromatic heterocycles. The molecule has 0 fully saturated rings. The van der Waals surface area contributed by atoms with Gasteiger partial charge in [0.05, 0.1) is 22.1 Å². The van der Waals surface area contributed by atoms with Gasteiger partial charge < -0.3 is 0 Å². The number of hydrogen-bond acceptors (Lipinski definition) is 2. The highest BCUT2D eigenvalue weighted by atomic mass is 15.1. The predicted octanol–water partition coefficient (Wildman–Crippen LogP) is 11.2. The molecule has 3 aliphatic rings. The monoisotopic (exact) mass is 633 g/mol. The zero-order valence-corrected chi connectivity index (χ0v) is 26.9. The number of imidazole rings is 1. The molecular formula is C47H27N3. The summed E-state index contributed by atoms with van der Waals surface area (Å²) in [6.07, 6.45) is 3.75. The van der Waals surface area contributed by atoms with E-state index in [1.54, 1.807) is 0 Å². The summed E-state index contributed by atoms with van der Waals surface area (Å²) in [7, 11) is 0. The number of fused-ring (bicyclic) bond motifs is 14. The summed E-state index contributed by atoms with van der Waals surface area (Å²) >= 11 is 0.